The number of nitrogens with zero attached hydrogens (tertiary/aromatic N) is 2. The van der Waals surface area contributed by atoms with Crippen molar-refractivity contribution in [2.45, 2.75) is 6.18 Å². The normalized spacial score (nSPS) is 11.2. The molecular formula is C13H12F3N3O. The first-order valence-corrected chi connectivity index (χ1v) is 5.72. The van der Waals surface area contributed by atoms with Crippen LogP contribution in [0.15, 0.2) is 30.5 Å². The minimum atomic E-state index is -4.40. The van der Waals surface area contributed by atoms with Crippen molar-refractivity contribution >= 4 is 5.69 Å². The van der Waals surface area contributed by atoms with Gasteiger partial charge in [-0.15, -0.1) is 5.10 Å². The van der Waals surface area contributed by atoms with Gasteiger partial charge in [0.2, 0.25) is 0 Å². The first kappa shape index (κ1) is 14.1. The molecule has 0 unspecified atom stereocenters. The summed E-state index contributed by atoms with van der Waals surface area (Å²) in [4.78, 5) is 0. The molecule has 0 aliphatic rings. The molecule has 0 saturated carbocycles. The molecular weight excluding hydrogens is 271 g/mol. The van der Waals surface area contributed by atoms with Crippen molar-refractivity contribution in [3.63, 3.8) is 0 Å². The van der Waals surface area contributed by atoms with E-state index in [9.17, 15) is 13.2 Å². The summed E-state index contributed by atoms with van der Waals surface area (Å²) in [6.45, 7) is 0. The molecule has 0 bridgehead atoms. The number of nitrogens with one attached hydrogen (secondary N) is 1. The largest absolute Gasteiger partial charge is 0.493 e. The van der Waals surface area contributed by atoms with E-state index in [1.54, 1.807) is 13.1 Å². The molecule has 0 aliphatic heterocycles. The second-order valence-corrected chi connectivity index (χ2v) is 3.97. The summed E-state index contributed by atoms with van der Waals surface area (Å²) in [5.41, 5.74) is 0.372. The molecule has 0 fully saturated rings. The maximum absolute atomic E-state index is 12.7. The van der Waals surface area contributed by atoms with Crippen LogP contribution < -0.4 is 10.1 Å². The standard InChI is InChI=1S/C13H12F3N3O/c1-17-12-10(20-2)7-18-19-11(12)8-4-3-5-9(6-8)13(14,15)16/h3-7H,1-2H3,(H,17,18). The summed E-state index contributed by atoms with van der Waals surface area (Å²) in [5, 5.41) is 10.5. The summed E-state index contributed by atoms with van der Waals surface area (Å²) in [6.07, 6.45) is -3.01. The quantitative estimate of drug-likeness (QED) is 0.939. The average molecular weight is 283 g/mol. The van der Waals surface area contributed by atoms with Crippen molar-refractivity contribution < 1.29 is 17.9 Å². The highest BCUT2D eigenvalue weighted by Crippen LogP contribution is 2.36. The van der Waals surface area contributed by atoms with Crippen LogP contribution in [0.25, 0.3) is 11.3 Å². The van der Waals surface area contributed by atoms with E-state index >= 15 is 0 Å². The van der Waals surface area contributed by atoms with Crippen molar-refractivity contribution in [1.29, 1.82) is 0 Å². The van der Waals surface area contributed by atoms with Crippen LogP contribution in [0.5, 0.6) is 5.75 Å². The third-order valence-corrected chi connectivity index (χ3v) is 2.75. The van der Waals surface area contributed by atoms with E-state index in [0.717, 1.165) is 12.1 Å². The van der Waals surface area contributed by atoms with Crippen LogP contribution in [0.3, 0.4) is 0 Å². The Hall–Kier alpha value is -2.31. The zero-order valence-corrected chi connectivity index (χ0v) is 10.8. The second kappa shape index (κ2) is 5.36. The lowest BCUT2D eigenvalue weighted by atomic mass is 10.1. The highest BCUT2D eigenvalue weighted by Gasteiger charge is 2.30. The van der Waals surface area contributed by atoms with E-state index in [4.69, 9.17) is 4.74 Å². The fourth-order valence-electron chi connectivity index (χ4n) is 1.81. The van der Waals surface area contributed by atoms with Crippen molar-refractivity contribution in [3.8, 4) is 17.0 Å². The lowest BCUT2D eigenvalue weighted by molar-refractivity contribution is -0.137. The van der Waals surface area contributed by atoms with E-state index < -0.39 is 11.7 Å². The van der Waals surface area contributed by atoms with Crippen LogP contribution in [-0.2, 0) is 6.18 Å². The number of alkyl halides is 3. The molecule has 0 radical (unpaired) electrons. The summed E-state index contributed by atoms with van der Waals surface area (Å²) in [5.74, 6) is 0.412. The zero-order valence-electron chi connectivity index (χ0n) is 10.8. The Kier molecular flexibility index (Phi) is 3.78. The Morgan fingerprint density at radius 2 is 2.00 bits per heavy atom. The Labute approximate surface area is 113 Å². The topological polar surface area (TPSA) is 47.0 Å². The van der Waals surface area contributed by atoms with Crippen LogP contribution >= 0.6 is 0 Å². The Balaban J connectivity index is 2.57. The van der Waals surface area contributed by atoms with Gasteiger partial charge in [0.15, 0.2) is 5.75 Å². The number of rotatable bonds is 3. The van der Waals surface area contributed by atoms with Crippen molar-refractivity contribution in [2.75, 3.05) is 19.5 Å². The minimum absolute atomic E-state index is 0.304. The van der Waals surface area contributed by atoms with Crippen molar-refractivity contribution in [1.82, 2.24) is 10.2 Å². The minimum Gasteiger partial charge on any atom is -0.493 e. The number of methoxy groups -OCH3 is 1. The monoisotopic (exact) mass is 283 g/mol. The molecule has 106 valence electrons. The molecule has 2 rings (SSSR count). The summed E-state index contributed by atoms with van der Waals surface area (Å²) >= 11 is 0. The van der Waals surface area contributed by atoms with E-state index in [1.807, 2.05) is 0 Å². The van der Waals surface area contributed by atoms with Gasteiger partial charge in [0.25, 0.3) is 0 Å². The smallest absolute Gasteiger partial charge is 0.416 e. The van der Waals surface area contributed by atoms with Crippen LogP contribution in [0.4, 0.5) is 18.9 Å². The number of ether oxygens (including phenoxy) is 1. The first-order chi connectivity index (χ1) is 9.47. The fourth-order valence-corrected chi connectivity index (χ4v) is 1.81. The molecule has 0 spiro atoms. The van der Waals surface area contributed by atoms with Gasteiger partial charge in [-0.2, -0.15) is 18.3 Å². The molecule has 1 aromatic carbocycles. The third kappa shape index (κ3) is 2.66. The molecule has 1 heterocycles. The Bertz CT molecular complexity index is 614. The van der Waals surface area contributed by atoms with Crippen molar-refractivity contribution in [3.05, 3.63) is 36.0 Å². The molecule has 7 heteroatoms. The van der Waals surface area contributed by atoms with E-state index in [2.05, 4.69) is 15.5 Å². The molecule has 2 aromatic rings. The van der Waals surface area contributed by atoms with Gasteiger partial charge in [0, 0.05) is 12.6 Å². The highest BCUT2D eigenvalue weighted by atomic mass is 19.4. The SMILES string of the molecule is CNc1c(OC)cnnc1-c1cccc(C(F)(F)F)c1. The lowest BCUT2D eigenvalue weighted by Gasteiger charge is -2.13. The van der Waals surface area contributed by atoms with Crippen molar-refractivity contribution in [2.24, 2.45) is 0 Å². The molecule has 20 heavy (non-hydrogen) atoms. The predicted octanol–water partition coefficient (Wildman–Crippen LogP) is 3.21. The average Bonchev–Trinajstić information content (AvgIpc) is 2.45. The molecule has 0 atom stereocenters. The Morgan fingerprint density at radius 1 is 1.25 bits per heavy atom. The predicted molar refractivity (Wildman–Crippen MR) is 68.6 cm³/mol. The van der Waals surface area contributed by atoms with Gasteiger partial charge in [-0.25, -0.2) is 0 Å². The number of benzene rings is 1. The maximum Gasteiger partial charge on any atom is 0.416 e. The summed E-state index contributed by atoms with van der Waals surface area (Å²) < 4.78 is 43.3. The lowest BCUT2D eigenvalue weighted by Crippen LogP contribution is -2.05. The van der Waals surface area contributed by atoms with E-state index in [-0.39, 0.29) is 0 Å². The number of hydrogen-bond donors (Lipinski definition) is 1. The summed E-state index contributed by atoms with van der Waals surface area (Å²) in [6, 6.07) is 4.92. The molecule has 0 saturated heterocycles. The molecule has 1 N–H and O–H groups in total. The van der Waals surface area contributed by atoms with Gasteiger partial charge >= 0.3 is 6.18 Å². The molecule has 4 nitrogen and oxygen atoms in total. The zero-order chi connectivity index (χ0) is 14.8. The Morgan fingerprint density at radius 3 is 2.60 bits per heavy atom. The van der Waals surface area contributed by atoms with Gasteiger partial charge in [0.05, 0.1) is 18.9 Å². The van der Waals surface area contributed by atoms with Gasteiger partial charge in [-0.3, -0.25) is 0 Å². The molecule has 1 aromatic heterocycles. The third-order valence-electron chi connectivity index (χ3n) is 2.75. The van der Waals surface area contributed by atoms with Crippen LogP contribution in [0, 0.1) is 0 Å². The first-order valence-electron chi connectivity index (χ1n) is 5.72. The summed E-state index contributed by atoms with van der Waals surface area (Å²) in [7, 11) is 3.09. The molecule has 0 aliphatic carbocycles. The second-order valence-electron chi connectivity index (χ2n) is 3.97. The highest BCUT2D eigenvalue weighted by molar-refractivity contribution is 5.78. The van der Waals surface area contributed by atoms with Crippen LogP contribution in [-0.4, -0.2) is 24.4 Å². The van der Waals surface area contributed by atoms with Crippen LogP contribution in [0.1, 0.15) is 5.56 Å². The number of aromatic nitrogens is 2. The maximum atomic E-state index is 12.7. The van der Waals surface area contributed by atoms with E-state index in [1.165, 1.54) is 19.4 Å². The number of hydrogen-bond acceptors (Lipinski definition) is 4. The number of halogens is 3. The van der Waals surface area contributed by atoms with Gasteiger partial charge in [0.1, 0.15) is 11.4 Å². The fraction of sp³-hybridized carbons (Fsp3) is 0.231. The van der Waals surface area contributed by atoms with Gasteiger partial charge < -0.3 is 10.1 Å². The number of anilines is 1. The van der Waals surface area contributed by atoms with Crippen LogP contribution in [0.2, 0.25) is 0 Å². The molecule has 0 amide bonds. The van der Waals surface area contributed by atoms with E-state index in [0.29, 0.717) is 22.7 Å². The van der Waals surface area contributed by atoms with Gasteiger partial charge in [-0.05, 0) is 12.1 Å². The van der Waals surface area contributed by atoms with Gasteiger partial charge in [-0.1, -0.05) is 12.1 Å².